The van der Waals surface area contributed by atoms with E-state index < -0.39 is 0 Å². The van der Waals surface area contributed by atoms with Crippen molar-refractivity contribution in [3.05, 3.63) is 24.2 Å². The number of furan rings is 1. The second kappa shape index (κ2) is 13.2. The van der Waals surface area contributed by atoms with Crippen molar-refractivity contribution < 1.29 is 9.21 Å². The third-order valence-corrected chi connectivity index (χ3v) is 5.99. The molecule has 30 heavy (non-hydrogen) atoms. The Labute approximate surface area is 197 Å². The number of nitrogens with zero attached hydrogens (tertiary/aromatic N) is 3. The molecule has 8 nitrogen and oxygen atoms in total. The molecule has 2 aliphatic rings. The van der Waals surface area contributed by atoms with E-state index in [1.165, 1.54) is 12.8 Å². The zero-order valence-corrected chi connectivity index (χ0v) is 20.3. The molecular formula is C21H37IN6O2. The first kappa shape index (κ1) is 24.9. The predicted octanol–water partition coefficient (Wildman–Crippen LogP) is 1.79. The van der Waals surface area contributed by atoms with Gasteiger partial charge in [-0.25, -0.2) is 0 Å². The largest absolute Gasteiger partial charge is 0.468 e. The topological polar surface area (TPSA) is 99.1 Å². The minimum absolute atomic E-state index is 0. The summed E-state index contributed by atoms with van der Waals surface area (Å²) in [4.78, 5) is 20.6. The van der Waals surface area contributed by atoms with Gasteiger partial charge in [-0.3, -0.25) is 14.7 Å². The van der Waals surface area contributed by atoms with Crippen LogP contribution in [-0.2, 0) is 4.79 Å². The number of halogens is 1. The number of amides is 1. The summed E-state index contributed by atoms with van der Waals surface area (Å²) in [7, 11) is 1.80. The molecule has 2 saturated heterocycles. The van der Waals surface area contributed by atoms with Gasteiger partial charge in [-0.2, -0.15) is 0 Å². The van der Waals surface area contributed by atoms with Crippen LogP contribution in [0.15, 0.2) is 27.8 Å². The summed E-state index contributed by atoms with van der Waals surface area (Å²) in [5.41, 5.74) is 5.47. The van der Waals surface area contributed by atoms with Gasteiger partial charge in [-0.1, -0.05) is 0 Å². The zero-order chi connectivity index (χ0) is 20.5. The summed E-state index contributed by atoms with van der Waals surface area (Å²) in [5.74, 6) is 1.66. The van der Waals surface area contributed by atoms with E-state index in [-0.39, 0.29) is 41.8 Å². The zero-order valence-electron chi connectivity index (χ0n) is 18.0. The number of rotatable bonds is 9. The number of hydrogen-bond acceptors (Lipinski definition) is 5. The molecule has 2 unspecified atom stereocenters. The summed E-state index contributed by atoms with van der Waals surface area (Å²) in [6.45, 7) is 6.64. The number of aliphatic imine (C=N–C) groups is 1. The lowest BCUT2D eigenvalue weighted by atomic mass is 9.97. The van der Waals surface area contributed by atoms with Gasteiger partial charge in [0.1, 0.15) is 5.76 Å². The van der Waals surface area contributed by atoms with E-state index >= 15 is 0 Å². The Morgan fingerprint density at radius 1 is 1.30 bits per heavy atom. The van der Waals surface area contributed by atoms with Crippen molar-refractivity contribution in [2.24, 2.45) is 16.6 Å². The number of carbonyl (C=O) groups excluding carboxylic acids is 1. The number of carbonyl (C=O) groups is 1. The van der Waals surface area contributed by atoms with Gasteiger partial charge in [-0.05, 0) is 70.4 Å². The molecule has 0 bridgehead atoms. The number of nitrogens with one attached hydrogen (secondary N) is 2. The van der Waals surface area contributed by atoms with Gasteiger partial charge in [-0.15, -0.1) is 24.0 Å². The molecule has 1 aromatic rings. The Morgan fingerprint density at radius 3 is 2.77 bits per heavy atom. The maximum atomic E-state index is 11.4. The fourth-order valence-corrected chi connectivity index (χ4v) is 4.36. The van der Waals surface area contributed by atoms with Crippen molar-refractivity contribution in [1.82, 2.24) is 20.4 Å². The maximum Gasteiger partial charge on any atom is 0.221 e. The van der Waals surface area contributed by atoms with E-state index in [1.54, 1.807) is 13.3 Å². The van der Waals surface area contributed by atoms with E-state index in [9.17, 15) is 4.79 Å². The minimum Gasteiger partial charge on any atom is -0.468 e. The Morgan fingerprint density at radius 2 is 2.10 bits per heavy atom. The number of hydrogen-bond donors (Lipinski definition) is 3. The molecule has 0 radical (unpaired) electrons. The van der Waals surface area contributed by atoms with Gasteiger partial charge >= 0.3 is 0 Å². The van der Waals surface area contributed by atoms with Crippen molar-refractivity contribution in [3.8, 4) is 0 Å². The molecule has 3 rings (SSSR count). The fourth-order valence-electron chi connectivity index (χ4n) is 4.36. The van der Waals surface area contributed by atoms with E-state index in [2.05, 4.69) is 31.5 Å². The van der Waals surface area contributed by atoms with E-state index in [1.807, 2.05) is 6.07 Å². The molecule has 0 aromatic carbocycles. The highest BCUT2D eigenvalue weighted by molar-refractivity contribution is 14.0. The number of likely N-dealkylation sites (tertiary alicyclic amines) is 2. The first-order valence-corrected chi connectivity index (χ1v) is 10.9. The quantitative estimate of drug-likeness (QED) is 0.194. The fraction of sp³-hybridized carbons (Fsp3) is 0.714. The average molecular weight is 532 g/mol. The minimum atomic E-state index is -0.165. The lowest BCUT2D eigenvalue weighted by Crippen LogP contribution is -2.44. The highest BCUT2D eigenvalue weighted by Gasteiger charge is 2.26. The number of guanidine groups is 1. The van der Waals surface area contributed by atoms with Crippen LogP contribution in [-0.4, -0.2) is 74.5 Å². The number of piperidine rings is 1. The van der Waals surface area contributed by atoms with Crippen molar-refractivity contribution in [3.63, 3.8) is 0 Å². The highest BCUT2D eigenvalue weighted by atomic mass is 127. The Bertz CT molecular complexity index is 648. The maximum absolute atomic E-state index is 11.4. The van der Waals surface area contributed by atoms with Crippen LogP contribution >= 0.6 is 24.0 Å². The van der Waals surface area contributed by atoms with E-state index in [0.29, 0.717) is 0 Å². The Kier molecular flexibility index (Phi) is 10.9. The SMILES string of the molecule is CN=C(NCCCN1CCCC(C(N)=O)C1)NCC(c1ccco1)N1CCCC1.I. The molecule has 170 valence electrons. The van der Waals surface area contributed by atoms with Crippen LogP contribution in [0.25, 0.3) is 0 Å². The molecule has 1 aromatic heterocycles. The van der Waals surface area contributed by atoms with Crippen LogP contribution in [0.2, 0.25) is 0 Å². The lowest BCUT2D eigenvalue weighted by Gasteiger charge is -2.31. The van der Waals surface area contributed by atoms with Crippen molar-refractivity contribution in [2.75, 3.05) is 52.9 Å². The van der Waals surface area contributed by atoms with Crippen molar-refractivity contribution in [2.45, 2.75) is 38.1 Å². The molecule has 1 amide bonds. The van der Waals surface area contributed by atoms with Gasteiger partial charge in [0.2, 0.25) is 5.91 Å². The van der Waals surface area contributed by atoms with E-state index in [0.717, 1.165) is 76.8 Å². The van der Waals surface area contributed by atoms with Crippen LogP contribution in [0.3, 0.4) is 0 Å². The standard InChI is InChI=1S/C21H36N6O2.HI/c1-23-21(24-9-6-11-26-10-4-7-17(16-26)20(22)28)25-15-18(19-8-5-14-29-19)27-12-2-3-13-27;/h5,8,14,17-18H,2-4,6-7,9-13,15-16H2,1H3,(H2,22,28)(H2,23,24,25);1H. The second-order valence-electron chi connectivity index (χ2n) is 8.05. The molecule has 0 saturated carbocycles. The third kappa shape index (κ3) is 7.42. The first-order valence-electron chi connectivity index (χ1n) is 10.9. The second-order valence-corrected chi connectivity index (χ2v) is 8.05. The Balaban J connectivity index is 0.00000320. The molecule has 2 atom stereocenters. The van der Waals surface area contributed by atoms with Crippen molar-refractivity contribution >= 4 is 35.8 Å². The molecule has 9 heteroatoms. The number of primary amides is 1. The smallest absolute Gasteiger partial charge is 0.221 e. The molecular weight excluding hydrogens is 495 g/mol. The van der Waals surface area contributed by atoms with Crippen LogP contribution in [0, 0.1) is 5.92 Å². The monoisotopic (exact) mass is 532 g/mol. The summed E-state index contributed by atoms with van der Waals surface area (Å²) < 4.78 is 5.68. The van der Waals surface area contributed by atoms with Crippen LogP contribution in [0.4, 0.5) is 0 Å². The summed E-state index contributed by atoms with van der Waals surface area (Å²) in [5, 5.41) is 6.86. The normalized spacial score (nSPS) is 21.8. The molecule has 0 aliphatic carbocycles. The summed E-state index contributed by atoms with van der Waals surface area (Å²) >= 11 is 0. The number of nitrogens with two attached hydrogens (primary N) is 1. The lowest BCUT2D eigenvalue weighted by molar-refractivity contribution is -0.123. The molecule has 0 spiro atoms. The summed E-state index contributed by atoms with van der Waals surface area (Å²) in [6, 6.07) is 4.23. The molecule has 3 heterocycles. The van der Waals surface area contributed by atoms with Gasteiger partial charge in [0.15, 0.2) is 5.96 Å². The van der Waals surface area contributed by atoms with Gasteiger partial charge in [0.25, 0.3) is 0 Å². The van der Waals surface area contributed by atoms with Gasteiger partial charge in [0, 0.05) is 26.7 Å². The molecule has 2 aliphatic heterocycles. The molecule has 4 N–H and O–H groups in total. The van der Waals surface area contributed by atoms with Crippen molar-refractivity contribution in [1.29, 1.82) is 0 Å². The van der Waals surface area contributed by atoms with Crippen LogP contribution < -0.4 is 16.4 Å². The highest BCUT2D eigenvalue weighted by Crippen LogP contribution is 2.24. The average Bonchev–Trinajstić information content (AvgIpc) is 3.45. The summed E-state index contributed by atoms with van der Waals surface area (Å²) in [6.07, 6.45) is 7.22. The predicted molar refractivity (Wildman–Crippen MR) is 130 cm³/mol. The third-order valence-electron chi connectivity index (χ3n) is 5.99. The first-order chi connectivity index (χ1) is 14.2. The van der Waals surface area contributed by atoms with Crippen LogP contribution in [0.1, 0.15) is 43.9 Å². The molecule has 2 fully saturated rings. The Hall–Kier alpha value is -1.33. The van der Waals surface area contributed by atoms with Crippen LogP contribution in [0.5, 0.6) is 0 Å². The van der Waals surface area contributed by atoms with Gasteiger partial charge < -0.3 is 25.7 Å². The van der Waals surface area contributed by atoms with Gasteiger partial charge in [0.05, 0.1) is 18.2 Å². The van der Waals surface area contributed by atoms with E-state index in [4.69, 9.17) is 10.2 Å².